The molecule has 2 aromatic rings. The number of carbonyl (C=O) groups excluding carboxylic acids is 2. The van der Waals surface area contributed by atoms with E-state index in [9.17, 15) is 9.59 Å². The number of carbonyl (C=O) groups is 2. The number of rotatable bonds is 6. The summed E-state index contributed by atoms with van der Waals surface area (Å²) < 4.78 is 10.6. The van der Waals surface area contributed by atoms with Crippen LogP contribution in [-0.4, -0.2) is 39.4 Å². The van der Waals surface area contributed by atoms with Gasteiger partial charge in [0, 0.05) is 18.2 Å². The minimum absolute atomic E-state index is 0.0210. The Morgan fingerprint density at radius 3 is 2.70 bits per heavy atom. The van der Waals surface area contributed by atoms with Crippen LogP contribution in [-0.2, 0) is 16.2 Å². The van der Waals surface area contributed by atoms with Gasteiger partial charge in [0.05, 0.1) is 0 Å². The third-order valence-electron chi connectivity index (χ3n) is 4.39. The third kappa shape index (κ3) is 4.64. The van der Waals surface area contributed by atoms with Crippen molar-refractivity contribution < 1.29 is 18.8 Å². The van der Waals surface area contributed by atoms with Gasteiger partial charge < -0.3 is 19.5 Å². The molecule has 1 aliphatic heterocycles. The number of nitrogens with one attached hydrogen (secondary N) is 1. The van der Waals surface area contributed by atoms with E-state index < -0.39 is 6.04 Å². The molecule has 1 unspecified atom stereocenters. The zero-order chi connectivity index (χ0) is 19.4. The minimum atomic E-state index is -0.406. The van der Waals surface area contributed by atoms with Crippen LogP contribution in [0.2, 0.25) is 0 Å². The van der Waals surface area contributed by atoms with E-state index in [0.717, 1.165) is 6.42 Å². The van der Waals surface area contributed by atoms with Gasteiger partial charge in [-0.2, -0.15) is 4.98 Å². The van der Waals surface area contributed by atoms with Crippen molar-refractivity contribution in [1.82, 2.24) is 15.0 Å². The molecule has 1 aromatic carbocycles. The highest BCUT2D eigenvalue weighted by atomic mass is 16.5. The van der Waals surface area contributed by atoms with Crippen molar-refractivity contribution in [3.63, 3.8) is 0 Å². The molecule has 0 spiro atoms. The summed E-state index contributed by atoms with van der Waals surface area (Å²) in [6.07, 6.45) is 1.54. The molecule has 1 aromatic heterocycles. The molecule has 0 bridgehead atoms. The molecule has 8 heteroatoms. The van der Waals surface area contributed by atoms with E-state index >= 15 is 0 Å². The number of anilines is 1. The van der Waals surface area contributed by atoms with Gasteiger partial charge >= 0.3 is 0 Å². The molecule has 1 N–H and O–H groups in total. The average molecular weight is 372 g/mol. The summed E-state index contributed by atoms with van der Waals surface area (Å²) in [5.74, 6) is 1.34. The maximum Gasteiger partial charge on any atom is 0.264 e. The van der Waals surface area contributed by atoms with Crippen molar-refractivity contribution in [2.24, 2.45) is 5.92 Å². The second kappa shape index (κ2) is 8.20. The Morgan fingerprint density at radius 1 is 1.33 bits per heavy atom. The second-order valence-corrected chi connectivity index (χ2v) is 6.88. The predicted molar refractivity (Wildman–Crippen MR) is 98.0 cm³/mol. The molecule has 1 atom stereocenters. The summed E-state index contributed by atoms with van der Waals surface area (Å²) in [7, 11) is 0. The number of amides is 2. The molecule has 0 saturated carbocycles. The van der Waals surface area contributed by atoms with E-state index in [1.807, 2.05) is 13.8 Å². The Morgan fingerprint density at radius 2 is 2.07 bits per heavy atom. The topological polar surface area (TPSA) is 97.6 Å². The normalized spacial score (nSPS) is 16.6. The smallest absolute Gasteiger partial charge is 0.264 e. The average Bonchev–Trinajstić information content (AvgIpc) is 3.29. The van der Waals surface area contributed by atoms with Crippen LogP contribution in [0.4, 0.5) is 5.69 Å². The fourth-order valence-electron chi connectivity index (χ4n) is 3.04. The zero-order valence-electron chi connectivity index (χ0n) is 15.8. The van der Waals surface area contributed by atoms with Crippen LogP contribution in [0.1, 0.15) is 38.4 Å². The van der Waals surface area contributed by atoms with Crippen molar-refractivity contribution >= 4 is 17.5 Å². The van der Waals surface area contributed by atoms with Crippen molar-refractivity contribution in [3.05, 3.63) is 36.0 Å². The van der Waals surface area contributed by atoms with Crippen molar-refractivity contribution in [2.75, 3.05) is 11.9 Å². The first-order chi connectivity index (χ1) is 12.9. The van der Waals surface area contributed by atoms with E-state index in [2.05, 4.69) is 15.5 Å². The number of benzene rings is 1. The van der Waals surface area contributed by atoms with E-state index in [-0.39, 0.29) is 24.3 Å². The highest BCUT2D eigenvalue weighted by Crippen LogP contribution is 2.22. The molecule has 27 heavy (non-hydrogen) atoms. The van der Waals surface area contributed by atoms with Gasteiger partial charge in [-0.05, 0) is 44.0 Å². The van der Waals surface area contributed by atoms with Gasteiger partial charge in [0.15, 0.2) is 12.4 Å². The Balaban J connectivity index is 1.55. The number of ether oxygens (including phenoxy) is 1. The molecular formula is C19H24N4O4. The highest BCUT2D eigenvalue weighted by Gasteiger charge is 2.34. The van der Waals surface area contributed by atoms with Gasteiger partial charge in [0.1, 0.15) is 11.8 Å². The van der Waals surface area contributed by atoms with Crippen LogP contribution in [0, 0.1) is 12.8 Å². The van der Waals surface area contributed by atoms with Gasteiger partial charge in [0.2, 0.25) is 11.8 Å². The Labute approximate surface area is 157 Å². The van der Waals surface area contributed by atoms with Gasteiger partial charge in [-0.15, -0.1) is 0 Å². The van der Waals surface area contributed by atoms with Gasteiger partial charge in [0.25, 0.3) is 5.89 Å². The van der Waals surface area contributed by atoms with Gasteiger partial charge in [-0.25, -0.2) is 0 Å². The summed E-state index contributed by atoms with van der Waals surface area (Å²) in [5, 5.41) is 6.58. The second-order valence-electron chi connectivity index (χ2n) is 6.88. The number of hydrogen-bond donors (Lipinski definition) is 1. The van der Waals surface area contributed by atoms with Crippen molar-refractivity contribution in [2.45, 2.75) is 46.3 Å². The molecule has 1 saturated heterocycles. The van der Waals surface area contributed by atoms with Gasteiger partial charge in [-0.1, -0.05) is 19.0 Å². The lowest BCUT2D eigenvalue weighted by Crippen LogP contribution is -2.44. The van der Waals surface area contributed by atoms with E-state index in [4.69, 9.17) is 9.26 Å². The molecule has 8 nitrogen and oxygen atoms in total. The number of hydrogen-bond acceptors (Lipinski definition) is 6. The van der Waals surface area contributed by atoms with Crippen molar-refractivity contribution in [1.29, 1.82) is 0 Å². The highest BCUT2D eigenvalue weighted by molar-refractivity contribution is 5.97. The van der Waals surface area contributed by atoms with E-state index in [1.165, 1.54) is 0 Å². The molecule has 3 rings (SSSR count). The largest absolute Gasteiger partial charge is 0.484 e. The number of aromatic nitrogens is 2. The van der Waals surface area contributed by atoms with Crippen LogP contribution in [0.5, 0.6) is 5.75 Å². The Kier molecular flexibility index (Phi) is 5.73. The summed E-state index contributed by atoms with van der Waals surface area (Å²) in [5.41, 5.74) is 0.657. The Hall–Kier alpha value is -2.90. The molecule has 2 amide bonds. The zero-order valence-corrected chi connectivity index (χ0v) is 15.8. The number of nitrogens with zero attached hydrogens (tertiary/aromatic N) is 3. The summed E-state index contributed by atoms with van der Waals surface area (Å²) in [4.78, 5) is 30.6. The lowest BCUT2D eigenvalue weighted by atomic mass is 10.1. The number of aryl methyl sites for hydroxylation is 1. The van der Waals surface area contributed by atoms with Crippen LogP contribution >= 0.6 is 0 Å². The van der Waals surface area contributed by atoms with Crippen LogP contribution < -0.4 is 10.1 Å². The van der Waals surface area contributed by atoms with E-state index in [0.29, 0.717) is 36.1 Å². The molecular weight excluding hydrogens is 348 g/mol. The van der Waals surface area contributed by atoms with Crippen molar-refractivity contribution in [3.8, 4) is 5.75 Å². The van der Waals surface area contributed by atoms with Crippen LogP contribution in [0.3, 0.4) is 0 Å². The first kappa shape index (κ1) is 18.9. The lowest BCUT2D eigenvalue weighted by molar-refractivity contribution is -0.139. The predicted octanol–water partition coefficient (Wildman–Crippen LogP) is 2.54. The Bertz CT molecular complexity index is 800. The molecule has 2 heterocycles. The summed E-state index contributed by atoms with van der Waals surface area (Å²) in [6.45, 7) is 6.26. The maximum absolute atomic E-state index is 12.6. The summed E-state index contributed by atoms with van der Waals surface area (Å²) in [6, 6.07) is 6.62. The summed E-state index contributed by atoms with van der Waals surface area (Å²) >= 11 is 0. The molecule has 1 fully saturated rings. The molecule has 144 valence electrons. The number of likely N-dealkylation sites (tertiary alicyclic amines) is 1. The molecule has 0 aliphatic carbocycles. The van der Waals surface area contributed by atoms with Gasteiger partial charge in [-0.3, -0.25) is 9.59 Å². The standard InChI is InChI=1S/C19H24N4O4/c1-12(2)19(25)23-10-4-5-16(23)18(24)21-14-6-8-15(9-7-14)26-11-17-20-13(3)22-27-17/h6-9,12,16H,4-5,10-11H2,1-3H3,(H,21,24). The van der Waals surface area contributed by atoms with E-state index in [1.54, 1.807) is 36.1 Å². The first-order valence-corrected chi connectivity index (χ1v) is 9.07. The first-order valence-electron chi connectivity index (χ1n) is 9.07. The maximum atomic E-state index is 12.6. The monoisotopic (exact) mass is 372 g/mol. The fourth-order valence-corrected chi connectivity index (χ4v) is 3.04. The third-order valence-corrected chi connectivity index (χ3v) is 4.39. The molecule has 0 radical (unpaired) electrons. The fraction of sp³-hybridized carbons (Fsp3) is 0.474. The minimum Gasteiger partial charge on any atom is -0.484 e. The SMILES string of the molecule is Cc1noc(COc2ccc(NC(=O)C3CCCN3C(=O)C(C)C)cc2)n1. The van der Waals surface area contributed by atoms with Crippen LogP contribution in [0.25, 0.3) is 0 Å². The quantitative estimate of drug-likeness (QED) is 0.837. The lowest BCUT2D eigenvalue weighted by Gasteiger charge is -2.25. The molecule has 1 aliphatic rings. The van der Waals surface area contributed by atoms with Crippen LogP contribution in [0.15, 0.2) is 28.8 Å².